The second-order valence-electron chi connectivity index (χ2n) is 7.21. The number of hydrogen-bond donors (Lipinski definition) is 3. The third kappa shape index (κ3) is 4.15. The lowest BCUT2D eigenvalue weighted by molar-refractivity contribution is -0.120. The normalized spacial score (nSPS) is 14.9. The van der Waals surface area contributed by atoms with Crippen LogP contribution >= 0.6 is 11.3 Å². The number of benzene rings is 2. The van der Waals surface area contributed by atoms with Crippen molar-refractivity contribution in [3.8, 4) is 22.6 Å². The molecule has 2 aromatic carbocycles. The van der Waals surface area contributed by atoms with Crippen molar-refractivity contribution in [3.05, 3.63) is 63.8 Å². The predicted molar refractivity (Wildman–Crippen MR) is 119 cm³/mol. The van der Waals surface area contributed by atoms with Crippen LogP contribution in [-0.2, 0) is 9.59 Å². The van der Waals surface area contributed by atoms with E-state index in [1.807, 2.05) is 0 Å². The molecule has 1 aliphatic heterocycles. The molecule has 0 radical (unpaired) electrons. The molecule has 0 aliphatic carbocycles. The van der Waals surface area contributed by atoms with Gasteiger partial charge < -0.3 is 25.6 Å². The van der Waals surface area contributed by atoms with E-state index < -0.39 is 11.9 Å². The van der Waals surface area contributed by atoms with Gasteiger partial charge in [-0.15, -0.1) is 11.3 Å². The molecular weight excluding hydrogens is 432 g/mol. The lowest BCUT2D eigenvalue weighted by Gasteiger charge is -2.24. The molecular formula is C23H20N2O6S. The Bertz CT molecular complexity index is 1180. The van der Waals surface area contributed by atoms with E-state index in [1.165, 1.54) is 0 Å². The van der Waals surface area contributed by atoms with Crippen LogP contribution in [0.5, 0.6) is 11.5 Å². The van der Waals surface area contributed by atoms with Gasteiger partial charge in [0.2, 0.25) is 5.91 Å². The summed E-state index contributed by atoms with van der Waals surface area (Å²) in [5.41, 5.74) is 7.62. The fraction of sp³-hybridized carbons (Fsp3) is 0.174. The van der Waals surface area contributed by atoms with Crippen LogP contribution < -0.4 is 20.5 Å². The lowest BCUT2D eigenvalue weighted by atomic mass is 9.88. The maximum absolute atomic E-state index is 12.6. The molecule has 9 heteroatoms. The first-order valence-corrected chi connectivity index (χ1v) is 10.5. The molecule has 0 bridgehead atoms. The Morgan fingerprint density at radius 3 is 2.38 bits per heavy atom. The molecule has 4 rings (SSSR count). The molecule has 2 amide bonds. The number of hydrogen-bond acceptors (Lipinski definition) is 6. The number of carboxylic acid groups (broad SMARTS) is 1. The molecule has 0 fully saturated rings. The first-order valence-electron chi connectivity index (χ1n) is 9.72. The fourth-order valence-corrected chi connectivity index (χ4v) is 4.94. The third-order valence-electron chi connectivity index (χ3n) is 5.14. The summed E-state index contributed by atoms with van der Waals surface area (Å²) in [4.78, 5) is 36.5. The van der Waals surface area contributed by atoms with Crippen molar-refractivity contribution in [2.45, 2.75) is 12.3 Å². The van der Waals surface area contributed by atoms with E-state index in [0.29, 0.717) is 28.3 Å². The standard InChI is InChI=1S/C23H20N2O6S/c1-30-14-6-4-13(5-7-14)19-20-21(32-22(19)23(28)29)16(10-18(27)25-20)12-2-8-15(9-3-12)31-11-17(24)26/h2-9,16H,10-11H2,1H3,(H2,24,26)(H,25,27)(H,28,29)/t16-/m0/s1. The first-order chi connectivity index (χ1) is 15.4. The Morgan fingerprint density at radius 1 is 1.12 bits per heavy atom. The molecule has 1 aliphatic rings. The van der Waals surface area contributed by atoms with E-state index in [0.717, 1.165) is 21.8 Å². The highest BCUT2D eigenvalue weighted by Gasteiger charge is 2.34. The van der Waals surface area contributed by atoms with Gasteiger partial charge in [0.15, 0.2) is 6.61 Å². The number of carbonyl (C=O) groups excluding carboxylic acids is 2. The highest BCUT2D eigenvalue weighted by atomic mass is 32.1. The summed E-state index contributed by atoms with van der Waals surface area (Å²) < 4.78 is 10.5. The Kier molecular flexibility index (Phi) is 5.83. The number of carbonyl (C=O) groups is 3. The molecule has 3 aromatic rings. The molecule has 0 spiro atoms. The molecule has 4 N–H and O–H groups in total. The highest BCUT2D eigenvalue weighted by Crippen LogP contribution is 2.49. The molecule has 8 nitrogen and oxygen atoms in total. The number of primary amides is 1. The summed E-state index contributed by atoms with van der Waals surface area (Å²) in [6.07, 6.45) is 0.191. The van der Waals surface area contributed by atoms with Crippen LogP contribution in [0.25, 0.3) is 11.1 Å². The third-order valence-corrected chi connectivity index (χ3v) is 6.43. The van der Waals surface area contributed by atoms with Crippen LogP contribution in [0, 0.1) is 0 Å². The highest BCUT2D eigenvalue weighted by molar-refractivity contribution is 7.15. The van der Waals surface area contributed by atoms with Crippen molar-refractivity contribution in [1.29, 1.82) is 0 Å². The van der Waals surface area contributed by atoms with E-state index in [4.69, 9.17) is 15.2 Å². The van der Waals surface area contributed by atoms with Crippen LogP contribution in [0.3, 0.4) is 0 Å². The summed E-state index contributed by atoms with van der Waals surface area (Å²) in [5, 5.41) is 12.7. The van der Waals surface area contributed by atoms with Crippen molar-refractivity contribution in [3.63, 3.8) is 0 Å². The van der Waals surface area contributed by atoms with E-state index >= 15 is 0 Å². The van der Waals surface area contributed by atoms with E-state index in [1.54, 1.807) is 55.6 Å². The SMILES string of the molecule is COc1ccc(-c2c(C(=O)O)sc3c2NC(=O)C[C@H]3c2ccc(OCC(N)=O)cc2)cc1. The molecule has 0 saturated heterocycles. The zero-order chi connectivity index (χ0) is 22.8. The summed E-state index contributed by atoms with van der Waals surface area (Å²) in [6.45, 7) is -0.229. The van der Waals surface area contributed by atoms with Gasteiger partial charge in [-0.25, -0.2) is 4.79 Å². The van der Waals surface area contributed by atoms with Crippen LogP contribution in [0.2, 0.25) is 0 Å². The summed E-state index contributed by atoms with van der Waals surface area (Å²) >= 11 is 1.16. The monoisotopic (exact) mass is 452 g/mol. The minimum Gasteiger partial charge on any atom is -0.497 e. The maximum atomic E-state index is 12.6. The number of anilines is 1. The minimum absolute atomic E-state index is 0.161. The number of fused-ring (bicyclic) bond motifs is 1. The number of nitrogens with two attached hydrogens (primary N) is 1. The smallest absolute Gasteiger partial charge is 0.346 e. The van der Waals surface area contributed by atoms with Gasteiger partial charge in [0.1, 0.15) is 16.4 Å². The summed E-state index contributed by atoms with van der Waals surface area (Å²) in [5.74, 6) is -1.01. The quantitative estimate of drug-likeness (QED) is 0.504. The van der Waals surface area contributed by atoms with Crippen molar-refractivity contribution in [2.75, 3.05) is 19.0 Å². The van der Waals surface area contributed by atoms with Crippen LogP contribution in [0.1, 0.15) is 32.5 Å². The zero-order valence-corrected chi connectivity index (χ0v) is 17.9. The van der Waals surface area contributed by atoms with Crippen LogP contribution in [-0.4, -0.2) is 36.6 Å². The number of aromatic carboxylic acids is 1. The van der Waals surface area contributed by atoms with Crippen molar-refractivity contribution in [1.82, 2.24) is 0 Å². The topological polar surface area (TPSA) is 128 Å². The largest absolute Gasteiger partial charge is 0.497 e. The molecule has 1 atom stereocenters. The second kappa shape index (κ2) is 8.72. The number of ether oxygens (including phenoxy) is 2. The van der Waals surface area contributed by atoms with Gasteiger partial charge in [-0.05, 0) is 35.4 Å². The summed E-state index contributed by atoms with van der Waals surface area (Å²) in [7, 11) is 1.55. The first kappa shape index (κ1) is 21.4. The van der Waals surface area contributed by atoms with Gasteiger partial charge in [0.05, 0.1) is 12.8 Å². The van der Waals surface area contributed by atoms with Crippen LogP contribution in [0.15, 0.2) is 48.5 Å². The van der Waals surface area contributed by atoms with Gasteiger partial charge in [-0.1, -0.05) is 24.3 Å². The summed E-state index contributed by atoms with van der Waals surface area (Å²) in [6, 6.07) is 14.0. The molecule has 0 saturated carbocycles. The number of methoxy groups -OCH3 is 1. The van der Waals surface area contributed by atoms with Gasteiger partial charge >= 0.3 is 5.97 Å². The number of thiophene rings is 1. The average molecular weight is 452 g/mol. The van der Waals surface area contributed by atoms with E-state index in [9.17, 15) is 19.5 Å². The molecule has 1 aromatic heterocycles. The van der Waals surface area contributed by atoms with Crippen LogP contribution in [0.4, 0.5) is 5.69 Å². The van der Waals surface area contributed by atoms with Crippen molar-refractivity contribution in [2.24, 2.45) is 5.73 Å². The Labute approximate surface area is 187 Å². The number of nitrogens with one attached hydrogen (secondary N) is 1. The lowest BCUT2D eigenvalue weighted by Crippen LogP contribution is -2.22. The van der Waals surface area contributed by atoms with Crippen molar-refractivity contribution >= 4 is 34.8 Å². The van der Waals surface area contributed by atoms with Gasteiger partial charge in [-0.3, -0.25) is 9.59 Å². The molecule has 32 heavy (non-hydrogen) atoms. The van der Waals surface area contributed by atoms with Gasteiger partial charge in [0, 0.05) is 22.8 Å². The zero-order valence-electron chi connectivity index (χ0n) is 17.1. The van der Waals surface area contributed by atoms with E-state index in [-0.39, 0.29) is 29.7 Å². The molecule has 2 heterocycles. The molecule has 0 unspecified atom stereocenters. The Morgan fingerprint density at radius 2 is 1.78 bits per heavy atom. The molecule has 164 valence electrons. The van der Waals surface area contributed by atoms with Crippen molar-refractivity contribution < 1.29 is 29.0 Å². The minimum atomic E-state index is -1.06. The Hall–Kier alpha value is -3.85. The average Bonchev–Trinajstić information content (AvgIpc) is 3.17. The number of rotatable bonds is 7. The second-order valence-corrected chi connectivity index (χ2v) is 8.26. The maximum Gasteiger partial charge on any atom is 0.346 e. The van der Waals surface area contributed by atoms with E-state index in [2.05, 4.69) is 5.32 Å². The number of amides is 2. The van der Waals surface area contributed by atoms with Gasteiger partial charge in [0.25, 0.3) is 5.91 Å². The fourth-order valence-electron chi connectivity index (χ4n) is 3.69. The predicted octanol–water partition coefficient (Wildman–Crippen LogP) is 3.46. The Balaban J connectivity index is 1.76. The number of carboxylic acids is 1. The van der Waals surface area contributed by atoms with Gasteiger partial charge in [-0.2, -0.15) is 0 Å².